The van der Waals surface area contributed by atoms with Crippen LogP contribution in [0.3, 0.4) is 0 Å². The van der Waals surface area contributed by atoms with Gasteiger partial charge in [0.05, 0.1) is 22.7 Å². The summed E-state index contributed by atoms with van der Waals surface area (Å²) in [4.78, 5) is 27.0. The monoisotopic (exact) mass is 603 g/mol. The molecule has 230 valence electrons. The van der Waals surface area contributed by atoms with Crippen LogP contribution in [-0.2, 0) is 25.8 Å². The lowest BCUT2D eigenvalue weighted by molar-refractivity contribution is -0.126. The number of nitrogens with one attached hydrogen (secondary N) is 3. The van der Waals surface area contributed by atoms with Crippen LogP contribution in [0.25, 0.3) is 10.8 Å². The number of hydrogen-bond acceptors (Lipinski definition) is 6. The van der Waals surface area contributed by atoms with Gasteiger partial charge in [-0.1, -0.05) is 81.1 Å². The molecule has 0 saturated carbocycles. The molecule has 4 rings (SSSR count). The minimum Gasteiger partial charge on any atom is -0.377 e. The molecule has 0 bridgehead atoms. The Morgan fingerprint density at radius 3 is 2.28 bits per heavy atom. The lowest BCUT2D eigenvalue weighted by Gasteiger charge is -2.30. The smallest absolute Gasteiger partial charge is 0.223 e. The van der Waals surface area contributed by atoms with E-state index in [2.05, 4.69) is 36.4 Å². The second-order valence-corrected chi connectivity index (χ2v) is 14.1. The quantitative estimate of drug-likeness (QED) is 0.220. The molecule has 3 aromatic carbocycles. The van der Waals surface area contributed by atoms with Crippen LogP contribution in [0, 0.1) is 11.8 Å². The highest BCUT2D eigenvalue weighted by Crippen LogP contribution is 2.21. The molecule has 1 heterocycles. The van der Waals surface area contributed by atoms with Gasteiger partial charge in [0.25, 0.3) is 0 Å². The topological polar surface area (TPSA) is 104 Å². The van der Waals surface area contributed by atoms with Gasteiger partial charge in [-0.3, -0.25) is 9.59 Å². The van der Waals surface area contributed by atoms with E-state index in [1.54, 1.807) is 18.2 Å². The number of sulfone groups is 1. The van der Waals surface area contributed by atoms with Gasteiger partial charge >= 0.3 is 0 Å². The average molecular weight is 604 g/mol. The summed E-state index contributed by atoms with van der Waals surface area (Å²) < 4.78 is 26.5. The van der Waals surface area contributed by atoms with Crippen molar-refractivity contribution in [2.24, 2.45) is 11.8 Å². The largest absolute Gasteiger partial charge is 0.377 e. The summed E-state index contributed by atoms with van der Waals surface area (Å²) in [5.41, 5.74) is 1.68. The summed E-state index contributed by atoms with van der Waals surface area (Å²) in [7, 11) is -3.67. The van der Waals surface area contributed by atoms with E-state index in [1.807, 2.05) is 54.6 Å². The highest BCUT2D eigenvalue weighted by molar-refractivity contribution is 7.91. The SMILES string of the molecule is C=C(N[C@@H](CCc1ccccc1)C(=O)CCS(=O)(=O)c1ccc2ccccc2c1)[C@H](CC(C)C)NC(=O)C1CCNCC1. The van der Waals surface area contributed by atoms with Gasteiger partial charge in [-0.05, 0) is 79.6 Å². The zero-order chi connectivity index (χ0) is 30.8. The maximum atomic E-state index is 13.6. The van der Waals surface area contributed by atoms with E-state index in [-0.39, 0.29) is 40.7 Å². The summed E-state index contributed by atoms with van der Waals surface area (Å²) in [5, 5.41) is 11.6. The van der Waals surface area contributed by atoms with Crippen LogP contribution < -0.4 is 16.0 Å². The third kappa shape index (κ3) is 9.50. The number of fused-ring (bicyclic) bond motifs is 1. The fraction of sp³-hybridized carbons (Fsp3) is 0.429. The summed E-state index contributed by atoms with van der Waals surface area (Å²) >= 11 is 0. The van der Waals surface area contributed by atoms with Gasteiger partial charge in [-0.2, -0.15) is 0 Å². The number of carbonyl (C=O) groups is 2. The molecule has 1 aliphatic heterocycles. The number of carbonyl (C=O) groups excluding carboxylic acids is 2. The Labute approximate surface area is 256 Å². The third-order valence-corrected chi connectivity index (χ3v) is 9.88. The third-order valence-electron chi connectivity index (χ3n) is 8.16. The first-order valence-electron chi connectivity index (χ1n) is 15.4. The molecule has 0 aliphatic carbocycles. The van der Waals surface area contributed by atoms with Crippen LogP contribution in [0.15, 0.2) is 90.0 Å². The predicted octanol–water partition coefficient (Wildman–Crippen LogP) is 5.21. The van der Waals surface area contributed by atoms with Crippen molar-refractivity contribution in [2.45, 2.75) is 69.4 Å². The molecular formula is C35H45N3O4S. The van der Waals surface area contributed by atoms with Crippen LogP contribution in [0.5, 0.6) is 0 Å². The molecule has 8 heteroatoms. The highest BCUT2D eigenvalue weighted by Gasteiger charge is 2.28. The van der Waals surface area contributed by atoms with Crippen LogP contribution in [0.1, 0.15) is 51.5 Å². The Bertz CT molecular complexity index is 1500. The first-order valence-corrected chi connectivity index (χ1v) is 17.0. The molecule has 0 aromatic heterocycles. The van der Waals surface area contributed by atoms with Crippen molar-refractivity contribution in [3.05, 3.63) is 90.6 Å². The number of aryl methyl sites for hydroxylation is 1. The van der Waals surface area contributed by atoms with Gasteiger partial charge in [0.2, 0.25) is 5.91 Å². The Kier molecular flexibility index (Phi) is 11.5. The summed E-state index contributed by atoms with van der Waals surface area (Å²) in [6.07, 6.45) is 3.28. The Morgan fingerprint density at radius 2 is 1.58 bits per heavy atom. The molecular weight excluding hydrogens is 558 g/mol. The highest BCUT2D eigenvalue weighted by atomic mass is 32.2. The van der Waals surface area contributed by atoms with Crippen molar-refractivity contribution in [3.8, 4) is 0 Å². The van der Waals surface area contributed by atoms with Crippen LogP contribution in [-0.4, -0.2) is 51.0 Å². The lowest BCUT2D eigenvalue weighted by atomic mass is 9.94. The first-order chi connectivity index (χ1) is 20.6. The molecule has 1 fully saturated rings. The summed E-state index contributed by atoms with van der Waals surface area (Å²) in [6, 6.07) is 21.6. The van der Waals surface area contributed by atoms with E-state index in [0.717, 1.165) is 42.3 Å². The van der Waals surface area contributed by atoms with Crippen molar-refractivity contribution in [3.63, 3.8) is 0 Å². The number of rotatable bonds is 15. The molecule has 0 radical (unpaired) electrons. The van der Waals surface area contributed by atoms with Crippen molar-refractivity contribution >= 4 is 32.3 Å². The number of ketones is 1. The predicted molar refractivity (Wildman–Crippen MR) is 173 cm³/mol. The number of benzene rings is 3. The van der Waals surface area contributed by atoms with Crippen molar-refractivity contribution in [2.75, 3.05) is 18.8 Å². The fourth-order valence-electron chi connectivity index (χ4n) is 5.62. The van der Waals surface area contributed by atoms with E-state index in [9.17, 15) is 18.0 Å². The maximum Gasteiger partial charge on any atom is 0.223 e. The van der Waals surface area contributed by atoms with E-state index in [0.29, 0.717) is 30.9 Å². The zero-order valence-corrected chi connectivity index (χ0v) is 26.2. The second kappa shape index (κ2) is 15.3. The number of amides is 1. The minimum atomic E-state index is -3.67. The Hall–Kier alpha value is -3.49. The first kappa shape index (κ1) is 32.4. The van der Waals surface area contributed by atoms with Gasteiger partial charge < -0.3 is 16.0 Å². The zero-order valence-electron chi connectivity index (χ0n) is 25.3. The van der Waals surface area contributed by atoms with E-state index in [1.165, 1.54) is 0 Å². The molecule has 1 aliphatic rings. The normalized spacial score (nSPS) is 15.6. The van der Waals surface area contributed by atoms with Crippen LogP contribution >= 0.6 is 0 Å². The number of hydrogen-bond donors (Lipinski definition) is 3. The molecule has 3 aromatic rings. The van der Waals surface area contributed by atoms with Crippen molar-refractivity contribution in [1.29, 1.82) is 0 Å². The van der Waals surface area contributed by atoms with Crippen LogP contribution in [0.2, 0.25) is 0 Å². The molecule has 2 atom stereocenters. The molecule has 43 heavy (non-hydrogen) atoms. The van der Waals surface area contributed by atoms with Gasteiger partial charge in [0.1, 0.15) is 0 Å². The average Bonchev–Trinajstić information content (AvgIpc) is 3.01. The van der Waals surface area contributed by atoms with Gasteiger partial charge in [-0.25, -0.2) is 8.42 Å². The molecule has 7 nitrogen and oxygen atoms in total. The summed E-state index contributed by atoms with van der Waals surface area (Å²) in [5.74, 6) is -0.192. The fourth-order valence-corrected chi connectivity index (χ4v) is 6.90. The Morgan fingerprint density at radius 1 is 0.907 bits per heavy atom. The van der Waals surface area contributed by atoms with E-state index in [4.69, 9.17) is 0 Å². The van der Waals surface area contributed by atoms with Crippen molar-refractivity contribution < 1.29 is 18.0 Å². The number of Topliss-reactive ketones (excluding diaryl/α,β-unsaturated/α-hetero) is 1. The lowest BCUT2D eigenvalue weighted by Crippen LogP contribution is -2.48. The standard InChI is InChI=1S/C35H45N3O4S/c1-25(2)23-33(38-35(40)29-17-20-36-21-18-29)26(3)37-32(16-13-27-9-5-4-6-10-27)34(39)19-22-43(41,42)31-15-14-28-11-7-8-12-30(28)24-31/h4-12,14-15,24-25,29,32-33,36-37H,3,13,16-23H2,1-2H3,(H,38,40)/t32-,33-/m0/s1. The molecule has 0 spiro atoms. The summed E-state index contributed by atoms with van der Waals surface area (Å²) in [6.45, 7) is 10.1. The maximum absolute atomic E-state index is 13.6. The van der Waals surface area contributed by atoms with Crippen molar-refractivity contribution in [1.82, 2.24) is 16.0 Å². The molecule has 0 unspecified atom stereocenters. The minimum absolute atomic E-state index is 0.0174. The molecule has 1 amide bonds. The van der Waals surface area contributed by atoms with Gasteiger partial charge in [-0.15, -0.1) is 0 Å². The Balaban J connectivity index is 1.47. The molecule has 3 N–H and O–H groups in total. The number of piperidine rings is 1. The van der Waals surface area contributed by atoms with E-state index >= 15 is 0 Å². The van der Waals surface area contributed by atoms with E-state index < -0.39 is 15.9 Å². The van der Waals surface area contributed by atoms with Gasteiger partial charge in [0.15, 0.2) is 15.6 Å². The molecule has 1 saturated heterocycles. The van der Waals surface area contributed by atoms with Gasteiger partial charge in [0, 0.05) is 18.0 Å². The van der Waals surface area contributed by atoms with Crippen LogP contribution in [0.4, 0.5) is 0 Å². The second-order valence-electron chi connectivity index (χ2n) is 12.0.